The van der Waals surface area contributed by atoms with Gasteiger partial charge in [0, 0.05) is 69.8 Å². The van der Waals surface area contributed by atoms with E-state index in [0.717, 1.165) is 23.9 Å². The number of alkyl halides is 1. The van der Waals surface area contributed by atoms with Crippen LogP contribution in [0, 0.1) is 11.6 Å². The van der Waals surface area contributed by atoms with Crippen LogP contribution in [0.2, 0.25) is 0 Å². The number of carbonyl (C=O) groups is 1. The van der Waals surface area contributed by atoms with Crippen molar-refractivity contribution in [2.75, 3.05) is 33.3 Å². The molecule has 1 aromatic heterocycles. The fourth-order valence-corrected chi connectivity index (χ4v) is 5.73. The van der Waals surface area contributed by atoms with E-state index in [0.29, 0.717) is 30.6 Å². The Morgan fingerprint density at radius 3 is 2.70 bits per heavy atom. The molecule has 210 valence electrons. The molecule has 3 aromatic rings. The number of benzene rings is 2. The number of halogens is 3. The number of amides is 2. The van der Waals surface area contributed by atoms with Gasteiger partial charge < -0.3 is 14.9 Å². The zero-order valence-electron chi connectivity index (χ0n) is 22.3. The molecule has 1 saturated heterocycles. The Balaban J connectivity index is 1.41. The topological polar surface area (TPSA) is 72.8 Å². The normalized spacial score (nSPS) is 23.5. The van der Waals surface area contributed by atoms with Crippen molar-refractivity contribution < 1.29 is 23.1 Å². The van der Waals surface area contributed by atoms with E-state index in [1.54, 1.807) is 56.0 Å². The monoisotopic (exact) mass is 551 g/mol. The van der Waals surface area contributed by atoms with E-state index >= 15 is 4.39 Å². The molecule has 5 rings (SSSR count). The molecule has 40 heavy (non-hydrogen) atoms. The molecule has 0 aliphatic carbocycles. The summed E-state index contributed by atoms with van der Waals surface area (Å²) >= 11 is 0. The number of hydrogen-bond acceptors (Lipinski definition) is 5. The van der Waals surface area contributed by atoms with Gasteiger partial charge in [0.15, 0.2) is 0 Å². The van der Waals surface area contributed by atoms with E-state index in [9.17, 15) is 18.7 Å². The zero-order valence-corrected chi connectivity index (χ0v) is 22.3. The van der Waals surface area contributed by atoms with Crippen LogP contribution in [0.3, 0.4) is 0 Å². The van der Waals surface area contributed by atoms with E-state index < -0.39 is 42.0 Å². The number of aliphatic hydroxyl groups excluding tert-OH is 1. The second-order valence-corrected chi connectivity index (χ2v) is 10.4. The van der Waals surface area contributed by atoms with Crippen molar-refractivity contribution in [3.05, 3.63) is 102 Å². The number of hydrogen-bond donors (Lipinski definition) is 1. The molecule has 2 aliphatic heterocycles. The highest BCUT2D eigenvalue weighted by Crippen LogP contribution is 2.41. The standard InChI is InChI=1S/C30H32F3N5O2/c1-36(26-9-12-37(18-24(32)13-26)19-25-16-34-10-11-35-25)29(40)38-17-21(27-14-23(31)7-8-28(27)33)15-30(38,20-39)22-5-3-2-4-6-22/h2-8,10-11,14-16,24,26,39H,9,12-13,17-20H2,1H3/t24?,26?,30-/m1/s1. The lowest BCUT2D eigenvalue weighted by Crippen LogP contribution is -2.54. The largest absolute Gasteiger partial charge is 0.393 e. The van der Waals surface area contributed by atoms with Gasteiger partial charge in [-0.15, -0.1) is 0 Å². The van der Waals surface area contributed by atoms with Gasteiger partial charge in [-0.05, 0) is 41.8 Å². The van der Waals surface area contributed by atoms with Gasteiger partial charge in [-0.1, -0.05) is 30.3 Å². The Bertz CT molecular complexity index is 1360. The van der Waals surface area contributed by atoms with Crippen LogP contribution in [0.1, 0.15) is 29.7 Å². The average Bonchev–Trinajstić information content (AvgIpc) is 3.27. The fraction of sp³-hybridized carbons (Fsp3) is 0.367. The van der Waals surface area contributed by atoms with Gasteiger partial charge in [-0.2, -0.15) is 0 Å². The summed E-state index contributed by atoms with van der Waals surface area (Å²) in [5, 5.41) is 10.7. The van der Waals surface area contributed by atoms with Crippen molar-refractivity contribution in [1.29, 1.82) is 0 Å². The quantitative estimate of drug-likeness (QED) is 0.492. The van der Waals surface area contributed by atoms with E-state index in [1.165, 1.54) is 9.80 Å². The van der Waals surface area contributed by atoms with Gasteiger partial charge in [-0.3, -0.25) is 14.9 Å². The zero-order chi connectivity index (χ0) is 28.3. The molecule has 1 fully saturated rings. The first kappa shape index (κ1) is 27.8. The average molecular weight is 552 g/mol. The molecule has 2 aliphatic rings. The third-order valence-electron chi connectivity index (χ3n) is 7.86. The summed E-state index contributed by atoms with van der Waals surface area (Å²) in [5.41, 5.74) is 0.484. The summed E-state index contributed by atoms with van der Waals surface area (Å²) in [6, 6.07) is 11.3. The lowest BCUT2D eigenvalue weighted by molar-refractivity contribution is 0.0758. The van der Waals surface area contributed by atoms with Crippen LogP contribution >= 0.6 is 0 Å². The van der Waals surface area contributed by atoms with E-state index in [1.807, 2.05) is 11.0 Å². The SMILES string of the molecule is CN(C(=O)N1CC(c2cc(F)ccc2F)=C[C@@]1(CO)c1ccccc1)C1CCN(Cc2cnccn2)CC(F)C1. The molecule has 10 heteroatoms. The fourth-order valence-electron chi connectivity index (χ4n) is 5.73. The van der Waals surface area contributed by atoms with Crippen LogP contribution < -0.4 is 0 Å². The number of likely N-dealkylation sites (tertiary alicyclic amines) is 1. The lowest BCUT2D eigenvalue weighted by atomic mass is 9.89. The molecule has 3 atom stereocenters. The number of aliphatic hydroxyl groups is 1. The van der Waals surface area contributed by atoms with Gasteiger partial charge in [-0.25, -0.2) is 18.0 Å². The van der Waals surface area contributed by atoms with Crippen molar-refractivity contribution in [3.63, 3.8) is 0 Å². The molecule has 2 amide bonds. The third-order valence-corrected chi connectivity index (χ3v) is 7.86. The Morgan fingerprint density at radius 2 is 1.98 bits per heavy atom. The first-order valence-corrected chi connectivity index (χ1v) is 13.3. The molecular formula is C30H32F3N5O2. The number of urea groups is 1. The van der Waals surface area contributed by atoms with E-state index in [4.69, 9.17) is 0 Å². The second kappa shape index (κ2) is 11.8. The Labute approximate surface area is 231 Å². The first-order chi connectivity index (χ1) is 19.3. The minimum atomic E-state index is -1.31. The minimum Gasteiger partial charge on any atom is -0.393 e. The molecule has 0 saturated carbocycles. The predicted molar refractivity (Wildman–Crippen MR) is 145 cm³/mol. The maximum absolute atomic E-state index is 15.1. The summed E-state index contributed by atoms with van der Waals surface area (Å²) < 4.78 is 44.0. The van der Waals surface area contributed by atoms with Crippen molar-refractivity contribution in [1.82, 2.24) is 24.7 Å². The van der Waals surface area contributed by atoms with Gasteiger partial charge in [0.2, 0.25) is 0 Å². The van der Waals surface area contributed by atoms with Crippen molar-refractivity contribution in [2.24, 2.45) is 0 Å². The Morgan fingerprint density at radius 1 is 1.18 bits per heavy atom. The lowest BCUT2D eigenvalue weighted by Gasteiger charge is -2.41. The maximum Gasteiger partial charge on any atom is 0.321 e. The van der Waals surface area contributed by atoms with Crippen LogP contribution in [0.4, 0.5) is 18.0 Å². The smallest absolute Gasteiger partial charge is 0.321 e. The highest BCUT2D eigenvalue weighted by Gasteiger charge is 2.46. The maximum atomic E-state index is 15.1. The van der Waals surface area contributed by atoms with Crippen LogP contribution in [-0.4, -0.2) is 81.3 Å². The number of aromatic nitrogens is 2. The Kier molecular flexibility index (Phi) is 8.18. The van der Waals surface area contributed by atoms with Gasteiger partial charge in [0.05, 0.1) is 12.3 Å². The molecule has 0 bridgehead atoms. The molecule has 1 N–H and O–H groups in total. The highest BCUT2D eigenvalue weighted by molar-refractivity contribution is 5.83. The first-order valence-electron chi connectivity index (χ1n) is 13.3. The van der Waals surface area contributed by atoms with Crippen molar-refractivity contribution in [3.8, 4) is 0 Å². The van der Waals surface area contributed by atoms with Crippen LogP contribution in [0.5, 0.6) is 0 Å². The Hall–Kier alpha value is -3.76. The summed E-state index contributed by atoms with van der Waals surface area (Å²) in [6.45, 7) is 0.705. The van der Waals surface area contributed by atoms with Crippen LogP contribution in [0.15, 0.2) is 73.2 Å². The summed E-state index contributed by atoms with van der Waals surface area (Å²) in [6.07, 6.45) is 6.01. The summed E-state index contributed by atoms with van der Waals surface area (Å²) in [4.78, 5) is 27.4. The number of nitrogens with zero attached hydrogens (tertiary/aromatic N) is 5. The summed E-state index contributed by atoms with van der Waals surface area (Å²) in [7, 11) is 1.63. The van der Waals surface area contributed by atoms with Crippen LogP contribution in [0.25, 0.3) is 5.57 Å². The summed E-state index contributed by atoms with van der Waals surface area (Å²) in [5.74, 6) is -1.23. The second-order valence-electron chi connectivity index (χ2n) is 10.4. The number of carbonyl (C=O) groups excluding carboxylic acids is 1. The minimum absolute atomic E-state index is 0.0321. The predicted octanol–water partition coefficient (Wildman–Crippen LogP) is 4.40. The molecule has 0 spiro atoms. The molecule has 2 aromatic carbocycles. The molecule has 7 nitrogen and oxygen atoms in total. The van der Waals surface area contributed by atoms with Crippen LogP contribution in [-0.2, 0) is 12.1 Å². The van der Waals surface area contributed by atoms with E-state index in [-0.39, 0.29) is 25.1 Å². The molecule has 0 radical (unpaired) electrons. The van der Waals surface area contributed by atoms with Crippen molar-refractivity contribution >= 4 is 11.6 Å². The highest BCUT2D eigenvalue weighted by atomic mass is 19.1. The molecule has 3 heterocycles. The number of rotatable bonds is 6. The third kappa shape index (κ3) is 5.59. The van der Waals surface area contributed by atoms with Crippen molar-refractivity contribution in [2.45, 2.75) is 37.1 Å². The van der Waals surface area contributed by atoms with Gasteiger partial charge in [0.25, 0.3) is 0 Å². The van der Waals surface area contributed by atoms with Gasteiger partial charge in [0.1, 0.15) is 23.3 Å². The van der Waals surface area contributed by atoms with E-state index in [2.05, 4.69) is 9.97 Å². The van der Waals surface area contributed by atoms with Gasteiger partial charge >= 0.3 is 6.03 Å². The molecular weight excluding hydrogens is 519 g/mol. The molecule has 2 unspecified atom stereocenters.